The Morgan fingerprint density at radius 2 is 1.79 bits per heavy atom. The van der Waals surface area contributed by atoms with Gasteiger partial charge in [-0.2, -0.15) is 0 Å². The van der Waals surface area contributed by atoms with Gasteiger partial charge in [0.1, 0.15) is 12.4 Å². The van der Waals surface area contributed by atoms with E-state index >= 15 is 0 Å². The molecule has 0 atom stereocenters. The number of nitro benzene ring substituents is 1. The van der Waals surface area contributed by atoms with Crippen molar-refractivity contribution in [1.29, 1.82) is 0 Å². The van der Waals surface area contributed by atoms with E-state index in [1.54, 1.807) is 18.2 Å². The van der Waals surface area contributed by atoms with Gasteiger partial charge in [0.2, 0.25) is 5.91 Å². The summed E-state index contributed by atoms with van der Waals surface area (Å²) in [5.74, 6) is 0.880. The Morgan fingerprint density at radius 3 is 2.45 bits per heavy atom. The van der Waals surface area contributed by atoms with Crippen LogP contribution in [0.25, 0.3) is 6.08 Å². The number of anilines is 1. The predicted octanol–water partition coefficient (Wildman–Crippen LogP) is 5.61. The van der Waals surface area contributed by atoms with Gasteiger partial charge < -0.3 is 19.5 Å². The Morgan fingerprint density at radius 1 is 1.06 bits per heavy atom. The number of hydrogen-bond acceptors (Lipinski definition) is 6. The van der Waals surface area contributed by atoms with Gasteiger partial charge in [0.25, 0.3) is 5.69 Å². The lowest BCUT2D eigenvalue weighted by Gasteiger charge is -2.13. The van der Waals surface area contributed by atoms with E-state index in [2.05, 4.69) is 21.2 Å². The number of nitrogens with zero attached hydrogens (tertiary/aromatic N) is 1. The fourth-order valence-electron chi connectivity index (χ4n) is 2.96. The van der Waals surface area contributed by atoms with Crippen LogP contribution in [0, 0.1) is 10.1 Å². The number of nitro groups is 1. The Kier molecular flexibility index (Phi) is 8.04. The molecule has 0 saturated heterocycles. The molecule has 9 heteroatoms. The fraction of sp³-hybridized carbons (Fsp3) is 0.125. The highest BCUT2D eigenvalue weighted by atomic mass is 79.9. The highest BCUT2D eigenvalue weighted by molar-refractivity contribution is 9.10. The molecular formula is C24H21BrN2O6. The van der Waals surface area contributed by atoms with Gasteiger partial charge in [0.05, 0.1) is 29.3 Å². The van der Waals surface area contributed by atoms with Crippen molar-refractivity contribution in [2.75, 3.05) is 19.5 Å². The Bertz CT molecular complexity index is 1180. The van der Waals surface area contributed by atoms with Gasteiger partial charge >= 0.3 is 0 Å². The molecule has 0 radical (unpaired) electrons. The maximum Gasteiger partial charge on any atom is 0.271 e. The third-order valence-electron chi connectivity index (χ3n) is 4.56. The minimum atomic E-state index is -0.545. The van der Waals surface area contributed by atoms with Gasteiger partial charge in [-0.15, -0.1) is 0 Å². The number of non-ortho nitro benzene ring substituents is 1. The topological polar surface area (TPSA) is 99.9 Å². The van der Waals surface area contributed by atoms with Crippen LogP contribution in [-0.2, 0) is 11.4 Å². The number of rotatable bonds is 9. The van der Waals surface area contributed by atoms with E-state index in [-0.39, 0.29) is 11.4 Å². The van der Waals surface area contributed by atoms with E-state index in [1.165, 1.54) is 38.5 Å². The van der Waals surface area contributed by atoms with E-state index in [1.807, 2.05) is 30.3 Å². The molecule has 0 fully saturated rings. The summed E-state index contributed by atoms with van der Waals surface area (Å²) in [6, 6.07) is 17.2. The molecule has 1 amide bonds. The molecule has 8 nitrogen and oxygen atoms in total. The average Bonchev–Trinajstić information content (AvgIpc) is 2.82. The number of carbonyl (C=O) groups excluding carboxylic acids is 1. The van der Waals surface area contributed by atoms with Crippen molar-refractivity contribution in [2.24, 2.45) is 0 Å². The molecule has 170 valence electrons. The van der Waals surface area contributed by atoms with Gasteiger partial charge in [0, 0.05) is 18.2 Å². The molecule has 0 unspecified atom stereocenters. The normalized spacial score (nSPS) is 10.6. The number of halogens is 1. The van der Waals surface area contributed by atoms with Crippen LogP contribution in [0.2, 0.25) is 0 Å². The molecule has 3 aromatic carbocycles. The minimum absolute atomic E-state index is 0.158. The first-order valence-corrected chi connectivity index (χ1v) is 10.6. The van der Waals surface area contributed by atoms with Crippen molar-refractivity contribution in [3.8, 4) is 17.2 Å². The maximum absolute atomic E-state index is 12.4. The number of amides is 1. The van der Waals surface area contributed by atoms with E-state index in [4.69, 9.17) is 14.2 Å². The molecule has 1 N–H and O–H groups in total. The minimum Gasteiger partial charge on any atom is -0.495 e. The molecule has 0 aliphatic carbocycles. The average molecular weight is 513 g/mol. The van der Waals surface area contributed by atoms with Crippen LogP contribution in [-0.4, -0.2) is 25.1 Å². The van der Waals surface area contributed by atoms with Gasteiger partial charge in [-0.25, -0.2) is 0 Å². The van der Waals surface area contributed by atoms with Crippen molar-refractivity contribution in [3.63, 3.8) is 0 Å². The van der Waals surface area contributed by atoms with Gasteiger partial charge in [0.15, 0.2) is 11.5 Å². The van der Waals surface area contributed by atoms with Crippen LogP contribution in [0.1, 0.15) is 11.1 Å². The zero-order valence-electron chi connectivity index (χ0n) is 17.9. The third-order valence-corrected chi connectivity index (χ3v) is 5.15. The summed E-state index contributed by atoms with van der Waals surface area (Å²) in [6.45, 7) is 0.373. The number of methoxy groups -OCH3 is 2. The lowest BCUT2D eigenvalue weighted by molar-refractivity contribution is -0.384. The monoisotopic (exact) mass is 512 g/mol. The second-order valence-electron chi connectivity index (χ2n) is 6.77. The smallest absolute Gasteiger partial charge is 0.271 e. The lowest BCUT2D eigenvalue weighted by Crippen LogP contribution is -2.09. The Labute approximate surface area is 199 Å². The molecule has 0 spiro atoms. The quantitative estimate of drug-likeness (QED) is 0.227. The standard InChI is InChI=1S/C24H21BrN2O6/c1-31-21-10-9-18(27(29)30)14-20(21)26-23(28)11-8-17-12-19(25)24(22(13-17)32-2)33-15-16-6-4-3-5-7-16/h3-14H,15H2,1-2H3,(H,26,28)/b11-8+. The molecule has 3 aromatic rings. The summed E-state index contributed by atoms with van der Waals surface area (Å²) in [5, 5.41) is 13.6. The second-order valence-corrected chi connectivity index (χ2v) is 7.63. The third kappa shape index (κ3) is 6.33. The molecule has 0 bridgehead atoms. The van der Waals surface area contributed by atoms with Crippen molar-refractivity contribution >= 4 is 39.3 Å². The van der Waals surface area contributed by atoms with E-state index < -0.39 is 10.8 Å². The molecule has 0 aromatic heterocycles. The summed E-state index contributed by atoms with van der Waals surface area (Å²) >= 11 is 3.49. The molecule has 3 rings (SSSR count). The van der Waals surface area contributed by atoms with Gasteiger partial charge in [-0.3, -0.25) is 14.9 Å². The van der Waals surface area contributed by atoms with Crippen molar-refractivity contribution in [2.45, 2.75) is 6.61 Å². The van der Waals surface area contributed by atoms with Crippen LogP contribution in [0.3, 0.4) is 0 Å². The summed E-state index contributed by atoms with van der Waals surface area (Å²) in [6.07, 6.45) is 2.90. The second kappa shape index (κ2) is 11.1. The van der Waals surface area contributed by atoms with Gasteiger partial charge in [-0.1, -0.05) is 30.3 Å². The number of carbonyl (C=O) groups is 1. The van der Waals surface area contributed by atoms with Crippen LogP contribution in [0.15, 0.2) is 71.2 Å². The summed E-state index contributed by atoms with van der Waals surface area (Å²) in [7, 11) is 2.95. The first-order chi connectivity index (χ1) is 15.9. The first-order valence-electron chi connectivity index (χ1n) is 9.77. The van der Waals surface area contributed by atoms with Crippen LogP contribution in [0.5, 0.6) is 17.2 Å². The largest absolute Gasteiger partial charge is 0.495 e. The first kappa shape index (κ1) is 23.8. The molecule has 0 aliphatic heterocycles. The van der Waals surface area contributed by atoms with Crippen LogP contribution in [0.4, 0.5) is 11.4 Å². The van der Waals surface area contributed by atoms with Crippen LogP contribution < -0.4 is 19.5 Å². The van der Waals surface area contributed by atoms with Crippen molar-refractivity contribution in [1.82, 2.24) is 0 Å². The molecule has 0 saturated carbocycles. The number of benzene rings is 3. The number of nitrogens with one attached hydrogen (secondary N) is 1. The Hall–Kier alpha value is -3.85. The van der Waals surface area contributed by atoms with Crippen molar-refractivity contribution < 1.29 is 23.9 Å². The highest BCUT2D eigenvalue weighted by Gasteiger charge is 2.14. The van der Waals surface area contributed by atoms with Crippen molar-refractivity contribution in [3.05, 3.63) is 92.5 Å². The van der Waals surface area contributed by atoms with E-state index in [9.17, 15) is 14.9 Å². The summed E-state index contributed by atoms with van der Waals surface area (Å²) < 4.78 is 17.2. The highest BCUT2D eigenvalue weighted by Crippen LogP contribution is 2.37. The predicted molar refractivity (Wildman–Crippen MR) is 129 cm³/mol. The molecule has 0 aliphatic rings. The van der Waals surface area contributed by atoms with Gasteiger partial charge in [-0.05, 0) is 51.3 Å². The number of ether oxygens (including phenoxy) is 3. The molecule has 0 heterocycles. The Balaban J connectivity index is 1.74. The zero-order valence-corrected chi connectivity index (χ0v) is 19.5. The molecular weight excluding hydrogens is 492 g/mol. The zero-order chi connectivity index (χ0) is 23.8. The molecule has 33 heavy (non-hydrogen) atoms. The fourth-order valence-corrected chi connectivity index (χ4v) is 3.53. The lowest BCUT2D eigenvalue weighted by atomic mass is 10.1. The van der Waals surface area contributed by atoms with E-state index in [0.29, 0.717) is 33.9 Å². The maximum atomic E-state index is 12.4. The summed E-state index contributed by atoms with van der Waals surface area (Å²) in [4.78, 5) is 22.9. The summed E-state index contributed by atoms with van der Waals surface area (Å²) in [5.41, 5.74) is 1.75. The van der Waals surface area contributed by atoms with Crippen LogP contribution >= 0.6 is 15.9 Å². The number of hydrogen-bond donors (Lipinski definition) is 1. The SMILES string of the molecule is COc1ccc([N+](=O)[O-])cc1NC(=O)/C=C/c1cc(Br)c(OCc2ccccc2)c(OC)c1. The van der Waals surface area contributed by atoms with E-state index in [0.717, 1.165) is 5.56 Å².